The number of pyridine rings is 2. The number of carbonyl (C=O) groups excluding carboxylic acids is 1. The van der Waals surface area contributed by atoms with E-state index in [0.717, 1.165) is 34.0 Å². The number of amides is 1. The molecule has 2 N–H and O–H groups in total. The molecular weight excluding hydrogens is 350 g/mol. The van der Waals surface area contributed by atoms with E-state index in [9.17, 15) is 9.90 Å². The van der Waals surface area contributed by atoms with E-state index in [1.54, 1.807) is 36.7 Å². The SMILES string of the molecule is O=C1Nc2ccc(O)cc2CCc2cccc(c2)-c2cncc3ccc1nc23. The summed E-state index contributed by atoms with van der Waals surface area (Å²) in [5.41, 5.74) is 5.78. The summed E-state index contributed by atoms with van der Waals surface area (Å²) in [6.07, 6.45) is 5.03. The number of fused-ring (bicyclic) bond motifs is 5. The Balaban J connectivity index is 1.75. The molecule has 4 bridgehead atoms. The Bertz CT molecular complexity index is 1230. The minimum absolute atomic E-state index is 0.184. The summed E-state index contributed by atoms with van der Waals surface area (Å²) in [6.45, 7) is 0. The molecule has 3 heterocycles. The lowest BCUT2D eigenvalue weighted by Gasteiger charge is -2.12. The zero-order valence-electron chi connectivity index (χ0n) is 15.0. The van der Waals surface area contributed by atoms with Gasteiger partial charge in [0.25, 0.3) is 5.91 Å². The number of hydrogen-bond donors (Lipinski definition) is 2. The van der Waals surface area contributed by atoms with Crippen LogP contribution in [-0.2, 0) is 12.8 Å². The lowest BCUT2D eigenvalue weighted by Crippen LogP contribution is -2.15. The maximum Gasteiger partial charge on any atom is 0.274 e. The molecular formula is C23H17N3O2. The number of phenolic OH excluding ortho intramolecular Hbond substituents is 1. The number of aromatic nitrogens is 2. The van der Waals surface area contributed by atoms with Crippen molar-refractivity contribution in [2.45, 2.75) is 12.8 Å². The molecule has 1 aliphatic rings. The van der Waals surface area contributed by atoms with Crippen LogP contribution in [0, 0.1) is 0 Å². The number of phenols is 1. The van der Waals surface area contributed by atoms with Gasteiger partial charge in [-0.2, -0.15) is 0 Å². The summed E-state index contributed by atoms with van der Waals surface area (Å²) < 4.78 is 0. The number of nitrogens with one attached hydrogen (secondary N) is 1. The van der Waals surface area contributed by atoms with Gasteiger partial charge < -0.3 is 10.4 Å². The first-order valence-corrected chi connectivity index (χ1v) is 9.15. The van der Waals surface area contributed by atoms with Gasteiger partial charge in [0, 0.05) is 29.0 Å². The third kappa shape index (κ3) is 2.87. The largest absolute Gasteiger partial charge is 0.508 e. The van der Waals surface area contributed by atoms with Crippen LogP contribution >= 0.6 is 0 Å². The molecule has 0 saturated heterocycles. The molecule has 4 aromatic rings. The second-order valence-corrected chi connectivity index (χ2v) is 6.95. The van der Waals surface area contributed by atoms with Crippen molar-refractivity contribution in [3.05, 3.63) is 83.8 Å². The average molecular weight is 367 g/mol. The summed E-state index contributed by atoms with van der Waals surface area (Å²) in [5.74, 6) is -0.0911. The van der Waals surface area contributed by atoms with Gasteiger partial charge in [-0.15, -0.1) is 0 Å². The summed E-state index contributed by atoms with van der Waals surface area (Å²) >= 11 is 0. The molecule has 0 fully saturated rings. The van der Waals surface area contributed by atoms with Crippen molar-refractivity contribution in [1.29, 1.82) is 0 Å². The maximum absolute atomic E-state index is 12.9. The van der Waals surface area contributed by atoms with Crippen molar-refractivity contribution in [3.8, 4) is 16.9 Å². The van der Waals surface area contributed by atoms with Crippen LogP contribution in [0.15, 0.2) is 67.0 Å². The number of rotatable bonds is 0. The molecule has 0 aliphatic carbocycles. The quantitative estimate of drug-likeness (QED) is 0.453. The molecule has 2 aromatic carbocycles. The fourth-order valence-corrected chi connectivity index (χ4v) is 3.65. The van der Waals surface area contributed by atoms with Crippen LogP contribution in [0.3, 0.4) is 0 Å². The summed E-state index contributed by atoms with van der Waals surface area (Å²) in [6, 6.07) is 16.9. The molecule has 0 spiro atoms. The first-order valence-electron chi connectivity index (χ1n) is 9.15. The predicted molar refractivity (Wildman–Crippen MR) is 108 cm³/mol. The Morgan fingerprint density at radius 2 is 1.89 bits per heavy atom. The van der Waals surface area contributed by atoms with Crippen LogP contribution in [0.5, 0.6) is 5.75 Å². The van der Waals surface area contributed by atoms with Crippen molar-refractivity contribution >= 4 is 22.5 Å². The number of benzene rings is 2. The lowest BCUT2D eigenvalue weighted by atomic mass is 9.98. The van der Waals surface area contributed by atoms with Gasteiger partial charge in [0.15, 0.2) is 0 Å². The monoisotopic (exact) mass is 367 g/mol. The normalized spacial score (nSPS) is 13.2. The average Bonchev–Trinajstić information content (AvgIpc) is 2.73. The van der Waals surface area contributed by atoms with Crippen LogP contribution in [0.1, 0.15) is 21.6 Å². The molecule has 5 rings (SSSR count). The van der Waals surface area contributed by atoms with Crippen molar-refractivity contribution in [1.82, 2.24) is 9.97 Å². The highest BCUT2D eigenvalue weighted by Crippen LogP contribution is 2.29. The van der Waals surface area contributed by atoms with Crippen LogP contribution in [0.2, 0.25) is 0 Å². The van der Waals surface area contributed by atoms with Crippen LogP contribution in [0.25, 0.3) is 22.0 Å². The third-order valence-corrected chi connectivity index (χ3v) is 5.09. The van der Waals surface area contributed by atoms with E-state index in [-0.39, 0.29) is 11.7 Å². The van der Waals surface area contributed by atoms with Crippen LogP contribution < -0.4 is 5.32 Å². The molecule has 0 radical (unpaired) electrons. The number of carbonyl (C=O) groups is 1. The van der Waals surface area contributed by atoms with Gasteiger partial charge in [0.05, 0.1) is 5.52 Å². The zero-order chi connectivity index (χ0) is 19.1. The molecule has 0 saturated carbocycles. The molecule has 0 atom stereocenters. The van der Waals surface area contributed by atoms with Gasteiger partial charge >= 0.3 is 0 Å². The van der Waals surface area contributed by atoms with Gasteiger partial charge in [-0.05, 0) is 59.9 Å². The topological polar surface area (TPSA) is 75.1 Å². The molecule has 0 unspecified atom stereocenters. The second-order valence-electron chi connectivity index (χ2n) is 6.95. The third-order valence-electron chi connectivity index (χ3n) is 5.09. The molecule has 5 heteroatoms. The molecule has 136 valence electrons. The zero-order valence-corrected chi connectivity index (χ0v) is 15.0. The highest BCUT2D eigenvalue weighted by molar-refractivity contribution is 6.05. The van der Waals surface area contributed by atoms with Gasteiger partial charge in [0.2, 0.25) is 0 Å². The number of nitrogens with zero attached hydrogens (tertiary/aromatic N) is 2. The number of hydrogen-bond acceptors (Lipinski definition) is 4. The maximum atomic E-state index is 12.9. The Morgan fingerprint density at radius 1 is 0.964 bits per heavy atom. The van der Waals surface area contributed by atoms with Gasteiger partial charge in [0.1, 0.15) is 11.4 Å². The Kier molecular flexibility index (Phi) is 3.79. The number of anilines is 1. The van der Waals surface area contributed by atoms with E-state index in [1.165, 1.54) is 5.56 Å². The minimum Gasteiger partial charge on any atom is -0.508 e. The Labute approximate surface area is 161 Å². The molecule has 28 heavy (non-hydrogen) atoms. The predicted octanol–water partition coefficient (Wildman–Crippen LogP) is 4.35. The summed E-state index contributed by atoms with van der Waals surface area (Å²) in [5, 5.41) is 13.7. The fraction of sp³-hybridized carbons (Fsp3) is 0.0870. The molecule has 1 aliphatic heterocycles. The first-order chi connectivity index (χ1) is 13.7. The van der Waals surface area contributed by atoms with E-state index >= 15 is 0 Å². The Hall–Kier alpha value is -3.73. The standard InChI is InChI=1S/C23H17N3O2/c27-18-7-9-20-16(11-18)5-4-14-2-1-3-15(10-14)19-13-24-12-17-6-8-21(23(28)26-20)25-22(17)19/h1-3,6-13,27H,4-5H2,(H,26,28). The summed E-state index contributed by atoms with van der Waals surface area (Å²) in [4.78, 5) is 21.8. The number of aryl methyl sites for hydroxylation is 2. The second kappa shape index (κ2) is 6.46. The van der Waals surface area contributed by atoms with Gasteiger partial charge in [-0.3, -0.25) is 9.78 Å². The van der Waals surface area contributed by atoms with E-state index in [2.05, 4.69) is 27.4 Å². The van der Waals surface area contributed by atoms with Gasteiger partial charge in [-0.1, -0.05) is 24.3 Å². The molecule has 5 nitrogen and oxygen atoms in total. The lowest BCUT2D eigenvalue weighted by molar-refractivity contribution is 0.102. The van der Waals surface area contributed by atoms with Gasteiger partial charge in [-0.25, -0.2) is 4.98 Å². The smallest absolute Gasteiger partial charge is 0.274 e. The highest BCUT2D eigenvalue weighted by Gasteiger charge is 2.15. The van der Waals surface area contributed by atoms with Crippen molar-refractivity contribution in [2.24, 2.45) is 0 Å². The number of aromatic hydroxyl groups is 1. The van der Waals surface area contributed by atoms with E-state index in [4.69, 9.17) is 0 Å². The van der Waals surface area contributed by atoms with E-state index in [1.807, 2.05) is 18.2 Å². The van der Waals surface area contributed by atoms with Crippen LogP contribution in [0.4, 0.5) is 5.69 Å². The fourth-order valence-electron chi connectivity index (χ4n) is 3.65. The highest BCUT2D eigenvalue weighted by atomic mass is 16.3. The Morgan fingerprint density at radius 3 is 2.82 bits per heavy atom. The van der Waals surface area contributed by atoms with Crippen molar-refractivity contribution < 1.29 is 9.90 Å². The molecule has 1 amide bonds. The van der Waals surface area contributed by atoms with Crippen LogP contribution in [-0.4, -0.2) is 21.0 Å². The molecule has 2 aromatic heterocycles. The van der Waals surface area contributed by atoms with E-state index in [0.29, 0.717) is 17.8 Å². The minimum atomic E-state index is -0.275. The summed E-state index contributed by atoms with van der Waals surface area (Å²) in [7, 11) is 0. The first kappa shape index (κ1) is 16.4. The van der Waals surface area contributed by atoms with E-state index < -0.39 is 0 Å². The van der Waals surface area contributed by atoms with Crippen molar-refractivity contribution in [2.75, 3.05) is 5.32 Å². The van der Waals surface area contributed by atoms with Crippen molar-refractivity contribution in [3.63, 3.8) is 0 Å².